The van der Waals surface area contributed by atoms with Gasteiger partial charge in [0.1, 0.15) is 18.0 Å². The fourth-order valence-corrected chi connectivity index (χ4v) is 1.83. The zero-order valence-electron chi connectivity index (χ0n) is 11.4. The summed E-state index contributed by atoms with van der Waals surface area (Å²) < 4.78 is 5.61. The smallest absolute Gasteiger partial charge is 0.292 e. The molecule has 0 heterocycles. The second-order valence-corrected chi connectivity index (χ2v) is 4.46. The molecular weight excluding hydrogens is 256 g/mol. The fraction of sp³-hybridized carbons (Fsp3) is 0.200. The van der Waals surface area contributed by atoms with Crippen LogP contribution in [0.15, 0.2) is 42.5 Å². The van der Waals surface area contributed by atoms with E-state index in [1.54, 1.807) is 13.1 Å². The number of benzene rings is 2. The van der Waals surface area contributed by atoms with Gasteiger partial charge in [-0.25, -0.2) is 0 Å². The van der Waals surface area contributed by atoms with Crippen molar-refractivity contribution in [2.75, 3.05) is 12.4 Å². The number of nitrogens with zero attached hydrogens (tertiary/aromatic N) is 1. The molecule has 0 radical (unpaired) electrons. The summed E-state index contributed by atoms with van der Waals surface area (Å²) in [4.78, 5) is 10.6. The van der Waals surface area contributed by atoms with Crippen molar-refractivity contribution in [1.82, 2.24) is 0 Å². The Bertz CT molecular complexity index is 609. The molecule has 0 fully saturated rings. The van der Waals surface area contributed by atoms with E-state index in [0.29, 0.717) is 12.3 Å². The number of nitro benzene ring substituents is 1. The first-order valence-corrected chi connectivity index (χ1v) is 6.24. The molecule has 0 aromatic heterocycles. The van der Waals surface area contributed by atoms with Crippen LogP contribution in [0.3, 0.4) is 0 Å². The van der Waals surface area contributed by atoms with E-state index in [-0.39, 0.29) is 5.69 Å². The van der Waals surface area contributed by atoms with Gasteiger partial charge in [-0.3, -0.25) is 10.1 Å². The van der Waals surface area contributed by atoms with E-state index in [0.717, 1.165) is 16.9 Å². The molecule has 0 aliphatic heterocycles. The zero-order valence-corrected chi connectivity index (χ0v) is 11.4. The highest BCUT2D eigenvalue weighted by Gasteiger charge is 2.13. The predicted octanol–water partition coefficient (Wildman–Crippen LogP) is 3.52. The number of hydrogen-bond acceptors (Lipinski definition) is 4. The van der Waals surface area contributed by atoms with E-state index in [4.69, 9.17) is 4.74 Å². The maximum absolute atomic E-state index is 11.0. The van der Waals surface area contributed by atoms with Gasteiger partial charge in [0.2, 0.25) is 0 Å². The van der Waals surface area contributed by atoms with Gasteiger partial charge < -0.3 is 10.1 Å². The van der Waals surface area contributed by atoms with Crippen molar-refractivity contribution in [3.05, 3.63) is 63.7 Å². The normalized spacial score (nSPS) is 10.1. The third-order valence-corrected chi connectivity index (χ3v) is 2.95. The third-order valence-electron chi connectivity index (χ3n) is 2.95. The number of ether oxygens (including phenoxy) is 1. The first kappa shape index (κ1) is 13.9. The molecule has 0 amide bonds. The van der Waals surface area contributed by atoms with Crippen molar-refractivity contribution in [2.45, 2.75) is 13.5 Å². The number of nitrogens with one attached hydrogen (secondary N) is 1. The van der Waals surface area contributed by atoms with E-state index in [1.807, 2.05) is 37.3 Å². The molecule has 5 heteroatoms. The molecule has 1 N–H and O–H groups in total. The fourth-order valence-electron chi connectivity index (χ4n) is 1.83. The van der Waals surface area contributed by atoms with E-state index in [9.17, 15) is 10.1 Å². The van der Waals surface area contributed by atoms with Crippen LogP contribution in [0.5, 0.6) is 5.75 Å². The topological polar surface area (TPSA) is 64.4 Å². The molecule has 0 saturated heterocycles. The van der Waals surface area contributed by atoms with E-state index in [1.165, 1.54) is 6.07 Å². The maximum atomic E-state index is 11.0. The molecule has 0 saturated carbocycles. The van der Waals surface area contributed by atoms with Gasteiger partial charge in [-0.2, -0.15) is 0 Å². The molecule has 0 spiro atoms. The molecule has 20 heavy (non-hydrogen) atoms. The Labute approximate surface area is 117 Å². The summed E-state index contributed by atoms with van der Waals surface area (Å²) >= 11 is 0. The quantitative estimate of drug-likeness (QED) is 0.668. The van der Waals surface area contributed by atoms with E-state index >= 15 is 0 Å². The highest BCUT2D eigenvalue weighted by atomic mass is 16.6. The Kier molecular flexibility index (Phi) is 4.20. The van der Waals surface area contributed by atoms with Crippen LogP contribution in [0.1, 0.15) is 11.1 Å². The van der Waals surface area contributed by atoms with E-state index in [2.05, 4.69) is 5.32 Å². The van der Waals surface area contributed by atoms with Crippen molar-refractivity contribution >= 4 is 11.4 Å². The molecule has 0 bridgehead atoms. The number of nitro groups is 1. The average Bonchev–Trinajstić information content (AvgIpc) is 2.46. The van der Waals surface area contributed by atoms with Gasteiger partial charge >= 0.3 is 0 Å². The van der Waals surface area contributed by atoms with Gasteiger partial charge in [0.25, 0.3) is 5.69 Å². The number of anilines is 1. The lowest BCUT2D eigenvalue weighted by molar-refractivity contribution is -0.384. The average molecular weight is 272 g/mol. The molecule has 2 aromatic rings. The lowest BCUT2D eigenvalue weighted by atomic mass is 10.2. The number of aryl methyl sites for hydroxylation is 1. The van der Waals surface area contributed by atoms with E-state index < -0.39 is 4.92 Å². The Balaban J connectivity index is 2.11. The SMILES string of the molecule is CNc1ccc(COc2ccc(C)cc2)cc1[N+](=O)[O-]. The number of hydrogen-bond donors (Lipinski definition) is 1. The van der Waals surface area contributed by atoms with Crippen LogP contribution in [0, 0.1) is 17.0 Å². The molecule has 2 aromatic carbocycles. The van der Waals surface area contributed by atoms with Crippen LogP contribution in [-0.2, 0) is 6.61 Å². The lowest BCUT2D eigenvalue weighted by Crippen LogP contribution is -2.00. The monoisotopic (exact) mass is 272 g/mol. The molecule has 0 aliphatic rings. The molecular formula is C15H16N2O3. The van der Waals surface area contributed by atoms with Gasteiger partial charge in [0.05, 0.1) is 4.92 Å². The Morgan fingerprint density at radius 3 is 2.50 bits per heavy atom. The standard InChI is InChI=1S/C15H16N2O3/c1-11-3-6-13(7-4-11)20-10-12-5-8-14(16-2)15(9-12)17(18)19/h3-9,16H,10H2,1-2H3. The van der Waals surface area contributed by atoms with Crippen molar-refractivity contribution in [3.8, 4) is 5.75 Å². The largest absolute Gasteiger partial charge is 0.489 e. The summed E-state index contributed by atoms with van der Waals surface area (Å²) in [5.41, 5.74) is 2.47. The molecule has 5 nitrogen and oxygen atoms in total. The summed E-state index contributed by atoms with van der Waals surface area (Å²) in [6, 6.07) is 12.7. The van der Waals surface area contributed by atoms with Crippen LogP contribution in [-0.4, -0.2) is 12.0 Å². The Morgan fingerprint density at radius 1 is 1.20 bits per heavy atom. The first-order chi connectivity index (χ1) is 9.60. The number of rotatable bonds is 5. The van der Waals surface area contributed by atoms with Gasteiger partial charge in [-0.1, -0.05) is 23.8 Å². The highest BCUT2D eigenvalue weighted by Crippen LogP contribution is 2.25. The summed E-state index contributed by atoms with van der Waals surface area (Å²) in [5.74, 6) is 0.746. The maximum Gasteiger partial charge on any atom is 0.292 e. The minimum absolute atomic E-state index is 0.0532. The van der Waals surface area contributed by atoms with Crippen LogP contribution in [0.2, 0.25) is 0 Å². The van der Waals surface area contributed by atoms with Gasteiger partial charge in [-0.15, -0.1) is 0 Å². The second kappa shape index (κ2) is 6.06. The first-order valence-electron chi connectivity index (χ1n) is 6.24. The molecule has 104 valence electrons. The second-order valence-electron chi connectivity index (χ2n) is 4.46. The predicted molar refractivity (Wildman–Crippen MR) is 78.2 cm³/mol. The van der Waals surface area contributed by atoms with Crippen molar-refractivity contribution in [1.29, 1.82) is 0 Å². The van der Waals surface area contributed by atoms with Crippen LogP contribution in [0.4, 0.5) is 11.4 Å². The van der Waals surface area contributed by atoms with Crippen molar-refractivity contribution in [2.24, 2.45) is 0 Å². The Morgan fingerprint density at radius 2 is 1.90 bits per heavy atom. The van der Waals surface area contributed by atoms with Crippen LogP contribution < -0.4 is 10.1 Å². The van der Waals surface area contributed by atoms with Crippen molar-refractivity contribution in [3.63, 3.8) is 0 Å². The van der Waals surface area contributed by atoms with Gasteiger partial charge in [-0.05, 0) is 30.7 Å². The molecule has 0 aliphatic carbocycles. The lowest BCUT2D eigenvalue weighted by Gasteiger charge is -2.08. The molecule has 0 atom stereocenters. The summed E-state index contributed by atoms with van der Waals surface area (Å²) in [5, 5.41) is 13.8. The van der Waals surface area contributed by atoms with Crippen molar-refractivity contribution < 1.29 is 9.66 Å². The summed E-state index contributed by atoms with van der Waals surface area (Å²) in [6.45, 7) is 2.30. The summed E-state index contributed by atoms with van der Waals surface area (Å²) in [7, 11) is 1.66. The minimum atomic E-state index is -0.402. The zero-order chi connectivity index (χ0) is 14.5. The van der Waals surface area contributed by atoms with Crippen LogP contribution >= 0.6 is 0 Å². The van der Waals surface area contributed by atoms with Gasteiger partial charge in [0, 0.05) is 13.1 Å². The minimum Gasteiger partial charge on any atom is -0.489 e. The Hall–Kier alpha value is -2.56. The molecule has 0 unspecified atom stereocenters. The molecule has 2 rings (SSSR count). The van der Waals surface area contributed by atoms with Crippen LogP contribution in [0.25, 0.3) is 0 Å². The van der Waals surface area contributed by atoms with Gasteiger partial charge in [0.15, 0.2) is 0 Å². The highest BCUT2D eigenvalue weighted by molar-refractivity contribution is 5.62. The summed E-state index contributed by atoms with van der Waals surface area (Å²) in [6.07, 6.45) is 0. The third kappa shape index (κ3) is 3.26.